The third kappa shape index (κ3) is 4.67. The normalized spacial score (nSPS) is 10.9. The lowest BCUT2D eigenvalue weighted by Gasteiger charge is -2.15. The molecule has 0 unspecified atom stereocenters. The molecule has 0 bridgehead atoms. The fraction of sp³-hybridized carbons (Fsp3) is 0.400. The average molecular weight is 386 g/mol. The number of nitrogens with zero attached hydrogens (tertiary/aromatic N) is 4. The number of aromatic nitrogens is 3. The van der Waals surface area contributed by atoms with Crippen LogP contribution in [0.15, 0.2) is 42.6 Å². The van der Waals surface area contributed by atoms with Crippen LogP contribution in [0.4, 0.5) is 5.13 Å². The van der Waals surface area contributed by atoms with Gasteiger partial charge in [0.15, 0.2) is 0 Å². The van der Waals surface area contributed by atoms with E-state index in [2.05, 4.69) is 57.0 Å². The van der Waals surface area contributed by atoms with Crippen LogP contribution in [0.1, 0.15) is 25.1 Å². The second-order valence-electron chi connectivity index (χ2n) is 6.15. The lowest BCUT2D eigenvalue weighted by Crippen LogP contribution is -2.21. The first-order valence-electron chi connectivity index (χ1n) is 9.34. The van der Waals surface area contributed by atoms with E-state index in [1.54, 1.807) is 18.4 Å². The number of anilines is 1. The average Bonchev–Trinajstić information content (AvgIpc) is 3.36. The summed E-state index contributed by atoms with van der Waals surface area (Å²) < 4.78 is 7.53. The highest BCUT2D eigenvalue weighted by Crippen LogP contribution is 2.24. The molecule has 0 aliphatic rings. The summed E-state index contributed by atoms with van der Waals surface area (Å²) in [5, 5.41) is 14.1. The molecule has 1 aromatic carbocycles. The summed E-state index contributed by atoms with van der Waals surface area (Å²) in [5.41, 5.74) is 2.40. The van der Waals surface area contributed by atoms with Gasteiger partial charge in [-0.25, -0.2) is 0 Å². The van der Waals surface area contributed by atoms with Gasteiger partial charge < -0.3 is 15.0 Å². The van der Waals surface area contributed by atoms with Crippen LogP contribution < -0.4 is 15.0 Å². The van der Waals surface area contributed by atoms with Gasteiger partial charge in [-0.3, -0.25) is 4.57 Å². The maximum atomic E-state index is 5.42. The highest BCUT2D eigenvalue weighted by Gasteiger charge is 2.12. The molecule has 0 amide bonds. The number of ether oxygens (including phenoxy) is 1. The summed E-state index contributed by atoms with van der Waals surface area (Å²) in [6.45, 7) is 7.81. The van der Waals surface area contributed by atoms with E-state index in [4.69, 9.17) is 4.74 Å². The summed E-state index contributed by atoms with van der Waals surface area (Å²) in [5.74, 6) is 0.945. The Bertz CT molecular complexity index is 840. The van der Waals surface area contributed by atoms with Gasteiger partial charge in [-0.15, -0.1) is 10.2 Å². The molecule has 3 rings (SSSR count). The Kier molecular flexibility index (Phi) is 6.84. The molecule has 2 aromatic heterocycles. The van der Waals surface area contributed by atoms with Crippen LogP contribution in [0, 0.1) is 0 Å². The Hall–Kier alpha value is -2.38. The van der Waals surface area contributed by atoms with Crippen molar-refractivity contribution >= 4 is 16.5 Å². The van der Waals surface area contributed by atoms with Crippen LogP contribution in [0.3, 0.4) is 0 Å². The Labute approximate surface area is 164 Å². The summed E-state index contributed by atoms with van der Waals surface area (Å²) in [7, 11) is 1.72. The smallest absolute Gasteiger partial charge is 0.218 e. The fourth-order valence-corrected chi connectivity index (χ4v) is 4.01. The Balaban J connectivity index is 1.59. The minimum absolute atomic E-state index is 0.780. The van der Waals surface area contributed by atoms with Crippen molar-refractivity contribution in [3.8, 4) is 10.9 Å². The zero-order valence-corrected chi connectivity index (χ0v) is 17.0. The first kappa shape index (κ1) is 19.4. The van der Waals surface area contributed by atoms with Crippen LogP contribution in [-0.4, -0.2) is 41.5 Å². The zero-order valence-electron chi connectivity index (χ0n) is 16.2. The van der Waals surface area contributed by atoms with Crippen LogP contribution >= 0.6 is 11.3 Å². The molecule has 27 heavy (non-hydrogen) atoms. The molecule has 1 N–H and O–H groups in total. The van der Waals surface area contributed by atoms with Crippen molar-refractivity contribution in [2.45, 2.75) is 26.8 Å². The largest absolute Gasteiger partial charge is 0.496 e. The van der Waals surface area contributed by atoms with Crippen LogP contribution in [-0.2, 0) is 13.0 Å². The Morgan fingerprint density at radius 1 is 1.11 bits per heavy atom. The Morgan fingerprint density at radius 3 is 2.70 bits per heavy atom. The number of rotatable bonds is 10. The van der Waals surface area contributed by atoms with E-state index >= 15 is 0 Å². The highest BCUT2D eigenvalue weighted by atomic mass is 32.1. The summed E-state index contributed by atoms with van der Waals surface area (Å²) in [6, 6.07) is 12.3. The van der Waals surface area contributed by atoms with Crippen molar-refractivity contribution < 1.29 is 4.74 Å². The lowest BCUT2D eigenvalue weighted by atomic mass is 10.1. The van der Waals surface area contributed by atoms with E-state index in [9.17, 15) is 0 Å². The summed E-state index contributed by atoms with van der Waals surface area (Å²) in [4.78, 5) is 2.22. The first-order valence-corrected chi connectivity index (χ1v) is 10.2. The van der Waals surface area contributed by atoms with Gasteiger partial charge in [0, 0.05) is 31.5 Å². The number of hydrogen-bond acceptors (Lipinski definition) is 6. The third-order valence-corrected chi connectivity index (χ3v) is 5.53. The van der Waals surface area contributed by atoms with Crippen LogP contribution in [0.25, 0.3) is 5.13 Å². The predicted octanol–water partition coefficient (Wildman–Crippen LogP) is 3.52. The predicted molar refractivity (Wildman–Crippen MR) is 111 cm³/mol. The molecule has 6 nitrogen and oxygen atoms in total. The molecule has 0 spiro atoms. The van der Waals surface area contributed by atoms with E-state index in [1.807, 2.05) is 24.4 Å². The molecule has 0 atom stereocenters. The molecule has 0 fully saturated rings. The van der Waals surface area contributed by atoms with Gasteiger partial charge in [-0.05, 0) is 50.6 Å². The van der Waals surface area contributed by atoms with Crippen molar-refractivity contribution in [2.24, 2.45) is 0 Å². The van der Waals surface area contributed by atoms with Gasteiger partial charge in [-0.1, -0.05) is 29.5 Å². The quantitative estimate of drug-likeness (QED) is 0.541. The number of methoxy groups -OCH3 is 1. The third-order valence-electron chi connectivity index (χ3n) is 4.55. The van der Waals surface area contributed by atoms with E-state index in [1.165, 1.54) is 11.3 Å². The van der Waals surface area contributed by atoms with Crippen LogP contribution in [0.5, 0.6) is 5.75 Å². The summed E-state index contributed by atoms with van der Waals surface area (Å²) in [6.07, 6.45) is 2.97. The minimum Gasteiger partial charge on any atom is -0.496 e. The minimum atomic E-state index is 0.780. The van der Waals surface area contributed by atoms with Gasteiger partial charge in [0.25, 0.3) is 0 Å². The molecule has 3 aromatic rings. The molecule has 144 valence electrons. The maximum absolute atomic E-state index is 5.42. The number of para-hydroxylation sites is 1. The highest BCUT2D eigenvalue weighted by molar-refractivity contribution is 7.17. The van der Waals surface area contributed by atoms with Gasteiger partial charge >= 0.3 is 0 Å². The molecule has 0 aliphatic carbocycles. The lowest BCUT2D eigenvalue weighted by molar-refractivity contribution is 0.409. The molecular formula is C20H27N5OS. The molecule has 0 saturated heterocycles. The molecule has 0 saturated carbocycles. The van der Waals surface area contributed by atoms with Gasteiger partial charge in [-0.2, -0.15) is 0 Å². The van der Waals surface area contributed by atoms with Gasteiger partial charge in [0.2, 0.25) is 10.3 Å². The number of benzene rings is 1. The number of nitrogens with one attached hydrogen (secondary N) is 1. The molecule has 0 aliphatic heterocycles. The number of hydrogen-bond donors (Lipinski definition) is 1. The van der Waals surface area contributed by atoms with Crippen molar-refractivity contribution in [3.05, 3.63) is 53.9 Å². The van der Waals surface area contributed by atoms with Crippen molar-refractivity contribution in [2.75, 3.05) is 31.6 Å². The monoisotopic (exact) mass is 385 g/mol. The second-order valence-corrected chi connectivity index (χ2v) is 7.08. The molecule has 7 heteroatoms. The molecular weight excluding hydrogens is 358 g/mol. The molecule has 2 heterocycles. The SMILES string of the molecule is CCN(CC)c1nnc(-n2cccc2CNCCc2ccccc2OC)s1. The topological polar surface area (TPSA) is 55.2 Å². The summed E-state index contributed by atoms with van der Waals surface area (Å²) >= 11 is 1.63. The standard InChI is InChI=1S/C20H27N5OS/c1-4-24(5-2)19-22-23-20(27-19)25-14-8-10-17(25)15-21-13-12-16-9-6-7-11-18(16)26-3/h6-11,14,21H,4-5,12-13,15H2,1-3H3. The van der Waals surface area contributed by atoms with Crippen LogP contribution in [0.2, 0.25) is 0 Å². The second kappa shape index (κ2) is 9.53. The Morgan fingerprint density at radius 2 is 1.93 bits per heavy atom. The van der Waals surface area contributed by atoms with Crippen molar-refractivity contribution in [3.63, 3.8) is 0 Å². The van der Waals surface area contributed by atoms with Gasteiger partial charge in [0.1, 0.15) is 5.75 Å². The van der Waals surface area contributed by atoms with Crippen molar-refractivity contribution in [1.29, 1.82) is 0 Å². The van der Waals surface area contributed by atoms with Crippen molar-refractivity contribution in [1.82, 2.24) is 20.1 Å². The first-order chi connectivity index (χ1) is 13.3. The molecule has 0 radical (unpaired) electrons. The van der Waals surface area contributed by atoms with E-state index in [0.29, 0.717) is 0 Å². The van der Waals surface area contributed by atoms with E-state index in [-0.39, 0.29) is 0 Å². The van der Waals surface area contributed by atoms with E-state index < -0.39 is 0 Å². The fourth-order valence-electron chi connectivity index (χ4n) is 3.02. The zero-order chi connectivity index (χ0) is 19.1. The maximum Gasteiger partial charge on any atom is 0.218 e. The van der Waals surface area contributed by atoms with Gasteiger partial charge in [0.05, 0.1) is 7.11 Å². The van der Waals surface area contributed by atoms with E-state index in [0.717, 1.165) is 48.6 Å².